The number of halogens is 1. The maximum absolute atomic E-state index is 5.86. The van der Waals surface area contributed by atoms with Gasteiger partial charge in [0.1, 0.15) is 0 Å². The topological polar surface area (TPSA) is 26.0 Å². The quantitative estimate of drug-likeness (QED) is 0.558. The van der Waals surface area contributed by atoms with E-state index in [0.717, 1.165) is 18.5 Å². The lowest BCUT2D eigenvalue weighted by atomic mass is 9.97. The zero-order valence-electron chi connectivity index (χ0n) is 10.7. The molecule has 0 aromatic carbocycles. The molecule has 1 aliphatic rings. The number of allylic oxidation sites excluding steroid dienone is 4. The van der Waals surface area contributed by atoms with Crippen LogP contribution in [-0.2, 0) is 0 Å². The molecule has 1 heterocycles. The smallest absolute Gasteiger partial charge is 0.0305 e. The highest BCUT2D eigenvalue weighted by molar-refractivity contribution is 14.1. The van der Waals surface area contributed by atoms with E-state index in [1.807, 2.05) is 11.3 Å². The monoisotopic (exact) mass is 361 g/mol. The largest absolute Gasteiger partial charge is 0.402 e. The Labute approximate surface area is 122 Å². The first-order chi connectivity index (χ1) is 8.08. The van der Waals surface area contributed by atoms with Gasteiger partial charge in [-0.05, 0) is 54.4 Å². The molecule has 0 saturated carbocycles. The third kappa shape index (κ3) is 4.47. The van der Waals surface area contributed by atoms with Crippen LogP contribution in [0.25, 0.3) is 5.57 Å². The molecular weight excluding hydrogens is 341 g/mol. The van der Waals surface area contributed by atoms with E-state index in [1.165, 1.54) is 25.3 Å². The van der Waals surface area contributed by atoms with Gasteiger partial charge in [-0.3, -0.25) is 0 Å². The predicted octanol–water partition coefficient (Wildman–Crippen LogP) is 4.91. The van der Waals surface area contributed by atoms with Gasteiger partial charge in [0.05, 0.1) is 0 Å². The molecule has 0 saturated heterocycles. The lowest BCUT2D eigenvalue weighted by Crippen LogP contribution is -2.04. The van der Waals surface area contributed by atoms with Crippen molar-refractivity contribution in [1.82, 2.24) is 0 Å². The summed E-state index contributed by atoms with van der Waals surface area (Å²) < 4.78 is 1.22. The zero-order valence-corrected chi connectivity index (χ0v) is 13.7. The van der Waals surface area contributed by atoms with Gasteiger partial charge in [-0.25, -0.2) is 0 Å². The van der Waals surface area contributed by atoms with Crippen LogP contribution in [0.4, 0.5) is 0 Å². The van der Waals surface area contributed by atoms with Gasteiger partial charge in [0.15, 0.2) is 0 Å². The van der Waals surface area contributed by atoms with Crippen LogP contribution in [0.15, 0.2) is 29.5 Å². The van der Waals surface area contributed by atoms with Crippen LogP contribution in [0.5, 0.6) is 0 Å². The van der Waals surface area contributed by atoms with Crippen LogP contribution in [0.1, 0.15) is 36.4 Å². The van der Waals surface area contributed by atoms with Crippen molar-refractivity contribution in [3.63, 3.8) is 0 Å². The lowest BCUT2D eigenvalue weighted by Gasteiger charge is -2.14. The van der Waals surface area contributed by atoms with Crippen molar-refractivity contribution in [2.45, 2.75) is 33.6 Å². The number of thiophene rings is 1. The zero-order chi connectivity index (χ0) is 12.8. The molecule has 1 nitrogen and oxygen atoms in total. The van der Waals surface area contributed by atoms with Crippen LogP contribution < -0.4 is 5.73 Å². The molecule has 0 unspecified atom stereocenters. The van der Waals surface area contributed by atoms with Crippen molar-refractivity contribution in [2.75, 3.05) is 4.43 Å². The van der Waals surface area contributed by atoms with Gasteiger partial charge < -0.3 is 5.73 Å². The molecule has 0 atom stereocenters. The first kappa shape index (κ1) is 14.8. The van der Waals surface area contributed by atoms with Gasteiger partial charge in [0, 0.05) is 15.5 Å². The van der Waals surface area contributed by atoms with Gasteiger partial charge in [-0.2, -0.15) is 0 Å². The molecule has 17 heavy (non-hydrogen) atoms. The Hall–Kier alpha value is -0.290. The highest BCUT2D eigenvalue weighted by Gasteiger charge is 2.10. The summed E-state index contributed by atoms with van der Waals surface area (Å²) in [5.74, 6) is 0. The number of nitrogens with two attached hydrogens (primary N) is 1. The summed E-state index contributed by atoms with van der Waals surface area (Å²) in [4.78, 5) is 2.77. The molecule has 3 heteroatoms. The predicted molar refractivity (Wildman–Crippen MR) is 87.7 cm³/mol. The molecular formula is C14H20INS. The van der Waals surface area contributed by atoms with Gasteiger partial charge in [-0.15, -0.1) is 11.3 Å². The Bertz CT molecular complexity index is 429. The summed E-state index contributed by atoms with van der Waals surface area (Å²) in [5, 5.41) is 0. The number of hydrogen-bond acceptors (Lipinski definition) is 2. The van der Waals surface area contributed by atoms with Crippen LogP contribution in [0.2, 0.25) is 0 Å². The second kappa shape index (κ2) is 7.21. The van der Waals surface area contributed by atoms with E-state index in [4.69, 9.17) is 5.73 Å². The van der Waals surface area contributed by atoms with E-state index in [9.17, 15) is 0 Å². The molecule has 0 spiro atoms. The Balaban J connectivity index is 0.000000437. The van der Waals surface area contributed by atoms with E-state index >= 15 is 0 Å². The van der Waals surface area contributed by atoms with Crippen molar-refractivity contribution < 1.29 is 0 Å². The van der Waals surface area contributed by atoms with Crippen LogP contribution in [0, 0.1) is 6.92 Å². The number of hydrogen-bond donors (Lipinski definition) is 1. The fourth-order valence-electron chi connectivity index (χ4n) is 1.69. The van der Waals surface area contributed by atoms with E-state index in [0.29, 0.717) is 0 Å². The first-order valence-electron chi connectivity index (χ1n) is 5.87. The van der Waals surface area contributed by atoms with Gasteiger partial charge in [0.25, 0.3) is 0 Å². The molecule has 2 N–H and O–H groups in total. The number of alkyl halides is 1. The SMILES string of the molecule is CC1=C(N)CCC(c2ccc(C)s2)=C1.CCI. The minimum absolute atomic E-state index is 1.01. The minimum atomic E-state index is 1.01. The van der Waals surface area contributed by atoms with Crippen molar-refractivity contribution >= 4 is 39.5 Å². The number of rotatable bonds is 1. The summed E-state index contributed by atoms with van der Waals surface area (Å²) in [7, 11) is 0. The molecule has 1 aromatic rings. The van der Waals surface area contributed by atoms with Gasteiger partial charge >= 0.3 is 0 Å². The van der Waals surface area contributed by atoms with Gasteiger partial charge in [0.2, 0.25) is 0 Å². The first-order valence-corrected chi connectivity index (χ1v) is 8.21. The van der Waals surface area contributed by atoms with Crippen molar-refractivity contribution in [3.8, 4) is 0 Å². The highest BCUT2D eigenvalue weighted by Crippen LogP contribution is 2.32. The van der Waals surface area contributed by atoms with Crippen molar-refractivity contribution in [3.05, 3.63) is 39.2 Å². The third-order valence-electron chi connectivity index (χ3n) is 2.62. The molecule has 1 aromatic heterocycles. The van der Waals surface area contributed by atoms with Crippen molar-refractivity contribution in [2.24, 2.45) is 5.73 Å². The minimum Gasteiger partial charge on any atom is -0.402 e. The van der Waals surface area contributed by atoms with E-state index in [1.54, 1.807) is 0 Å². The molecule has 0 aliphatic heterocycles. The molecule has 0 bridgehead atoms. The summed E-state index contributed by atoms with van der Waals surface area (Å²) in [6.07, 6.45) is 4.32. The maximum Gasteiger partial charge on any atom is 0.0305 e. The highest BCUT2D eigenvalue weighted by atomic mass is 127. The second-order valence-corrected chi connectivity index (χ2v) is 6.87. The third-order valence-corrected chi connectivity index (χ3v) is 3.69. The normalized spacial score (nSPS) is 15.2. The van der Waals surface area contributed by atoms with E-state index in [-0.39, 0.29) is 0 Å². The van der Waals surface area contributed by atoms with Crippen LogP contribution in [-0.4, -0.2) is 4.43 Å². The Morgan fingerprint density at radius 1 is 1.29 bits per heavy atom. The lowest BCUT2D eigenvalue weighted by molar-refractivity contribution is 0.938. The van der Waals surface area contributed by atoms with E-state index < -0.39 is 0 Å². The Morgan fingerprint density at radius 3 is 2.41 bits per heavy atom. The number of aryl methyl sites for hydroxylation is 1. The summed E-state index contributed by atoms with van der Waals surface area (Å²) in [5.41, 5.74) is 9.58. The molecule has 1 aliphatic carbocycles. The maximum atomic E-state index is 5.86. The fraction of sp³-hybridized carbons (Fsp3) is 0.429. The Kier molecular flexibility index (Phi) is 6.27. The Morgan fingerprint density at radius 2 is 1.94 bits per heavy atom. The summed E-state index contributed by atoms with van der Waals surface area (Å²) in [6.45, 7) is 6.35. The second-order valence-electron chi connectivity index (χ2n) is 4.06. The molecule has 0 fully saturated rings. The standard InChI is InChI=1S/C12H15NS.C2H5I/c1-8-7-10(4-5-11(8)13)12-6-3-9(2)14-12;1-2-3/h3,6-7H,4-5,13H2,1-2H3;2H2,1H3. The molecule has 94 valence electrons. The summed E-state index contributed by atoms with van der Waals surface area (Å²) >= 11 is 4.15. The average molecular weight is 361 g/mol. The van der Waals surface area contributed by atoms with Crippen LogP contribution >= 0.6 is 33.9 Å². The summed E-state index contributed by atoms with van der Waals surface area (Å²) in [6, 6.07) is 4.39. The fourth-order valence-corrected chi connectivity index (χ4v) is 2.61. The van der Waals surface area contributed by atoms with Gasteiger partial charge in [-0.1, -0.05) is 35.6 Å². The molecule has 0 amide bonds. The van der Waals surface area contributed by atoms with E-state index in [2.05, 4.69) is 61.6 Å². The molecule has 2 rings (SSSR count). The van der Waals surface area contributed by atoms with Crippen molar-refractivity contribution in [1.29, 1.82) is 0 Å². The average Bonchev–Trinajstić information content (AvgIpc) is 2.70. The molecule has 0 radical (unpaired) electrons. The van der Waals surface area contributed by atoms with Crippen LogP contribution in [0.3, 0.4) is 0 Å².